The third-order valence-electron chi connectivity index (χ3n) is 4.09. The molecule has 0 fully saturated rings. The molecule has 3 aromatic carbocycles. The first-order valence-corrected chi connectivity index (χ1v) is 8.58. The fourth-order valence-electron chi connectivity index (χ4n) is 2.69. The van der Waals surface area contributed by atoms with Crippen molar-refractivity contribution in [2.75, 3.05) is 6.61 Å². The van der Waals surface area contributed by atoms with Gasteiger partial charge in [-0.1, -0.05) is 30.3 Å². The molecule has 2 nitrogen and oxygen atoms in total. The maximum absolute atomic E-state index is 14.3. The van der Waals surface area contributed by atoms with Crippen LogP contribution in [0.15, 0.2) is 54.6 Å². The Kier molecular flexibility index (Phi) is 5.69. The van der Waals surface area contributed by atoms with Crippen LogP contribution >= 0.6 is 0 Å². The molecule has 0 unspecified atom stereocenters. The molecule has 0 aliphatic carbocycles. The fraction of sp³-hybridized carbons (Fsp3) is 0.182. The second-order valence-electron chi connectivity index (χ2n) is 6.09. The van der Waals surface area contributed by atoms with Crippen LogP contribution in [0.1, 0.15) is 18.1 Å². The summed E-state index contributed by atoms with van der Waals surface area (Å²) in [5, 5.41) is 0. The maximum atomic E-state index is 14.3. The number of benzene rings is 3. The quantitative estimate of drug-likeness (QED) is 0.524. The topological polar surface area (TPSA) is 18.5 Å². The SMILES string of the molecule is CCOc1ccc(-c2ccc(COc3ccc(C)cc3F)cc2)c(F)c1F. The number of hydrogen-bond donors (Lipinski definition) is 0. The zero-order valence-electron chi connectivity index (χ0n) is 15.1. The highest BCUT2D eigenvalue weighted by Crippen LogP contribution is 2.30. The number of ether oxygens (including phenoxy) is 2. The third kappa shape index (κ3) is 4.25. The molecule has 0 saturated heterocycles. The summed E-state index contributed by atoms with van der Waals surface area (Å²) in [6.07, 6.45) is 0. The van der Waals surface area contributed by atoms with Gasteiger partial charge >= 0.3 is 0 Å². The van der Waals surface area contributed by atoms with Crippen molar-refractivity contribution in [1.29, 1.82) is 0 Å². The van der Waals surface area contributed by atoms with Gasteiger partial charge in [0.15, 0.2) is 23.1 Å². The van der Waals surface area contributed by atoms with E-state index in [0.29, 0.717) is 5.56 Å². The van der Waals surface area contributed by atoms with Crippen molar-refractivity contribution >= 4 is 0 Å². The van der Waals surface area contributed by atoms with Gasteiger partial charge in [-0.2, -0.15) is 4.39 Å². The van der Waals surface area contributed by atoms with Crippen LogP contribution in [0, 0.1) is 24.4 Å². The average molecular weight is 372 g/mol. The van der Waals surface area contributed by atoms with E-state index in [-0.39, 0.29) is 30.3 Å². The molecule has 0 spiro atoms. The summed E-state index contributed by atoms with van der Waals surface area (Å²) in [6.45, 7) is 3.93. The molecule has 0 N–H and O–H groups in total. The fourth-order valence-corrected chi connectivity index (χ4v) is 2.69. The highest BCUT2D eigenvalue weighted by molar-refractivity contribution is 5.65. The number of aryl methyl sites for hydroxylation is 1. The van der Waals surface area contributed by atoms with Crippen molar-refractivity contribution in [1.82, 2.24) is 0 Å². The second kappa shape index (κ2) is 8.16. The highest BCUT2D eigenvalue weighted by Gasteiger charge is 2.15. The smallest absolute Gasteiger partial charge is 0.201 e. The summed E-state index contributed by atoms with van der Waals surface area (Å²) in [5.41, 5.74) is 2.27. The lowest BCUT2D eigenvalue weighted by atomic mass is 10.0. The van der Waals surface area contributed by atoms with E-state index >= 15 is 0 Å². The first kappa shape index (κ1) is 18.8. The Morgan fingerprint density at radius 1 is 0.778 bits per heavy atom. The van der Waals surface area contributed by atoms with Crippen LogP contribution in [-0.4, -0.2) is 6.61 Å². The van der Waals surface area contributed by atoms with Gasteiger partial charge in [-0.15, -0.1) is 0 Å². The highest BCUT2D eigenvalue weighted by atomic mass is 19.2. The third-order valence-corrected chi connectivity index (χ3v) is 4.09. The molecule has 0 radical (unpaired) electrons. The van der Waals surface area contributed by atoms with Crippen LogP contribution in [-0.2, 0) is 6.61 Å². The Balaban J connectivity index is 1.74. The summed E-state index contributed by atoms with van der Waals surface area (Å²) >= 11 is 0. The molecule has 0 amide bonds. The Hall–Kier alpha value is -2.95. The molecule has 0 heterocycles. The molecule has 0 bridgehead atoms. The van der Waals surface area contributed by atoms with E-state index < -0.39 is 17.5 Å². The van der Waals surface area contributed by atoms with Crippen molar-refractivity contribution in [2.45, 2.75) is 20.5 Å². The minimum atomic E-state index is -1.00. The standard InChI is InChI=1S/C22H19F3O2/c1-3-26-20-11-9-17(21(24)22(20)25)16-7-5-15(6-8-16)13-27-19-10-4-14(2)12-18(19)23/h4-12H,3,13H2,1-2H3. The Morgan fingerprint density at radius 2 is 1.48 bits per heavy atom. The second-order valence-corrected chi connectivity index (χ2v) is 6.09. The Morgan fingerprint density at radius 3 is 2.15 bits per heavy atom. The van der Waals surface area contributed by atoms with Crippen molar-refractivity contribution < 1.29 is 22.6 Å². The molecular weight excluding hydrogens is 353 g/mol. The summed E-state index contributed by atoms with van der Waals surface area (Å²) in [6, 6.07) is 14.4. The molecule has 0 atom stereocenters. The van der Waals surface area contributed by atoms with Crippen LogP contribution in [0.3, 0.4) is 0 Å². The maximum Gasteiger partial charge on any atom is 0.201 e. The molecule has 27 heavy (non-hydrogen) atoms. The van der Waals surface area contributed by atoms with Gasteiger partial charge in [-0.3, -0.25) is 0 Å². The Bertz CT molecular complexity index is 937. The van der Waals surface area contributed by atoms with E-state index in [9.17, 15) is 13.2 Å². The predicted octanol–water partition coefficient (Wildman–Crippen LogP) is 6.06. The number of halogens is 3. The zero-order chi connectivity index (χ0) is 19.4. The lowest BCUT2D eigenvalue weighted by molar-refractivity contribution is 0.290. The van der Waals surface area contributed by atoms with Gasteiger partial charge in [0.25, 0.3) is 0 Å². The van der Waals surface area contributed by atoms with Crippen molar-refractivity contribution in [3.05, 3.63) is 83.2 Å². The van der Waals surface area contributed by atoms with Crippen molar-refractivity contribution in [3.8, 4) is 22.6 Å². The molecule has 0 saturated carbocycles. The summed E-state index contributed by atoms with van der Waals surface area (Å²) < 4.78 is 52.7. The summed E-state index contributed by atoms with van der Waals surface area (Å²) in [5.74, 6) is -2.31. The molecule has 0 aliphatic rings. The zero-order valence-corrected chi connectivity index (χ0v) is 15.1. The van der Waals surface area contributed by atoms with Gasteiger partial charge in [0.05, 0.1) is 6.61 Å². The van der Waals surface area contributed by atoms with Gasteiger partial charge in [0, 0.05) is 5.56 Å². The molecule has 0 aliphatic heterocycles. The lowest BCUT2D eigenvalue weighted by Crippen LogP contribution is -1.99. The van der Waals surface area contributed by atoms with Gasteiger partial charge in [-0.05, 0) is 54.8 Å². The molecule has 3 aromatic rings. The lowest BCUT2D eigenvalue weighted by Gasteiger charge is -2.11. The normalized spacial score (nSPS) is 10.7. The number of rotatable bonds is 6. The Labute approximate surface area is 156 Å². The van der Waals surface area contributed by atoms with E-state index in [1.54, 1.807) is 50.2 Å². The van der Waals surface area contributed by atoms with Crippen LogP contribution in [0.4, 0.5) is 13.2 Å². The van der Waals surface area contributed by atoms with Crippen LogP contribution in [0.2, 0.25) is 0 Å². The van der Waals surface area contributed by atoms with E-state index in [0.717, 1.165) is 11.1 Å². The van der Waals surface area contributed by atoms with Gasteiger partial charge in [0.2, 0.25) is 5.82 Å². The molecular formula is C22H19F3O2. The van der Waals surface area contributed by atoms with Crippen LogP contribution in [0.25, 0.3) is 11.1 Å². The van der Waals surface area contributed by atoms with Crippen LogP contribution < -0.4 is 9.47 Å². The molecule has 0 aromatic heterocycles. The van der Waals surface area contributed by atoms with Crippen molar-refractivity contribution in [2.24, 2.45) is 0 Å². The first-order chi connectivity index (χ1) is 13.0. The van der Waals surface area contributed by atoms with Gasteiger partial charge < -0.3 is 9.47 Å². The molecule has 5 heteroatoms. The summed E-state index contributed by atoms with van der Waals surface area (Å²) in [7, 11) is 0. The van der Waals surface area contributed by atoms with E-state index in [2.05, 4.69) is 0 Å². The van der Waals surface area contributed by atoms with Gasteiger partial charge in [0.1, 0.15) is 6.61 Å². The number of hydrogen-bond acceptors (Lipinski definition) is 2. The van der Waals surface area contributed by atoms with Crippen LogP contribution in [0.5, 0.6) is 11.5 Å². The molecule has 3 rings (SSSR count). The van der Waals surface area contributed by atoms with E-state index in [1.165, 1.54) is 18.2 Å². The van der Waals surface area contributed by atoms with E-state index in [4.69, 9.17) is 9.47 Å². The largest absolute Gasteiger partial charge is 0.491 e. The molecule has 140 valence electrons. The minimum Gasteiger partial charge on any atom is -0.491 e. The van der Waals surface area contributed by atoms with Crippen molar-refractivity contribution in [3.63, 3.8) is 0 Å². The predicted molar refractivity (Wildman–Crippen MR) is 98.4 cm³/mol. The summed E-state index contributed by atoms with van der Waals surface area (Å²) in [4.78, 5) is 0. The average Bonchev–Trinajstić information content (AvgIpc) is 2.66. The monoisotopic (exact) mass is 372 g/mol. The van der Waals surface area contributed by atoms with E-state index in [1.807, 2.05) is 0 Å². The minimum absolute atomic E-state index is 0.108. The van der Waals surface area contributed by atoms with Gasteiger partial charge in [-0.25, -0.2) is 8.78 Å². The first-order valence-electron chi connectivity index (χ1n) is 8.58.